The molecule has 0 rings (SSSR count). The first kappa shape index (κ1) is 16.4. The molecule has 4 nitrogen and oxygen atoms in total. The Balaban J connectivity index is 0. The van der Waals surface area contributed by atoms with Crippen molar-refractivity contribution in [2.45, 2.75) is 27.7 Å². The van der Waals surface area contributed by atoms with Gasteiger partial charge in [-0.05, 0) is 20.9 Å². The minimum atomic E-state index is 0.585. The molecule has 0 unspecified atom stereocenters. The fourth-order valence-corrected chi connectivity index (χ4v) is 0.750. The van der Waals surface area contributed by atoms with Gasteiger partial charge in [0.05, 0.1) is 5.84 Å². The molecule has 3 N–H and O–H groups in total. The molecule has 0 atom stereocenters. The normalized spacial score (nSPS) is 11.9. The predicted octanol–water partition coefficient (Wildman–Crippen LogP) is 1.40. The summed E-state index contributed by atoms with van der Waals surface area (Å²) in [5, 5.41) is 3.09. The Hall–Kier alpha value is -1.03. The lowest BCUT2D eigenvalue weighted by Crippen LogP contribution is -2.25. The van der Waals surface area contributed by atoms with Crippen LogP contribution in [-0.4, -0.2) is 37.9 Å². The summed E-state index contributed by atoms with van der Waals surface area (Å²) in [6, 6.07) is 0. The van der Waals surface area contributed by atoms with Crippen molar-refractivity contribution in [1.82, 2.24) is 10.2 Å². The number of hydrogen-bond acceptors (Lipinski definition) is 3. The van der Waals surface area contributed by atoms with Crippen LogP contribution < -0.4 is 11.1 Å². The zero-order valence-corrected chi connectivity index (χ0v) is 11.0. The van der Waals surface area contributed by atoms with Gasteiger partial charge < -0.3 is 16.0 Å². The number of rotatable bonds is 5. The highest BCUT2D eigenvalue weighted by Crippen LogP contribution is 1.98. The van der Waals surface area contributed by atoms with Crippen LogP contribution in [0.4, 0.5) is 0 Å². The Bertz CT molecular complexity index is 193. The maximum absolute atomic E-state index is 5.42. The van der Waals surface area contributed by atoms with Gasteiger partial charge in [0.15, 0.2) is 0 Å². The Morgan fingerprint density at radius 2 is 1.93 bits per heavy atom. The summed E-state index contributed by atoms with van der Waals surface area (Å²) in [4.78, 5) is 6.15. The number of hydrogen-bond donors (Lipinski definition) is 2. The maximum atomic E-state index is 5.42. The van der Waals surface area contributed by atoms with Gasteiger partial charge in [0.2, 0.25) is 0 Å². The van der Waals surface area contributed by atoms with Crippen molar-refractivity contribution in [3.8, 4) is 0 Å². The number of nitrogens with one attached hydrogen (secondary N) is 1. The van der Waals surface area contributed by atoms with Gasteiger partial charge in [-0.3, -0.25) is 0 Å². The molecule has 0 aromatic heterocycles. The summed E-state index contributed by atoms with van der Waals surface area (Å²) < 4.78 is 0. The van der Waals surface area contributed by atoms with Crippen LogP contribution in [0.1, 0.15) is 27.7 Å². The second-order valence-corrected chi connectivity index (χ2v) is 3.07. The van der Waals surface area contributed by atoms with Crippen molar-refractivity contribution in [2.24, 2.45) is 10.7 Å². The van der Waals surface area contributed by atoms with E-state index in [9.17, 15) is 0 Å². The van der Waals surface area contributed by atoms with E-state index in [-0.39, 0.29) is 0 Å². The molecule has 0 aliphatic rings. The third kappa shape index (κ3) is 10.9. The van der Waals surface area contributed by atoms with Gasteiger partial charge in [0, 0.05) is 32.0 Å². The van der Waals surface area contributed by atoms with E-state index in [1.54, 1.807) is 13.1 Å². The molecule has 15 heavy (non-hydrogen) atoms. The smallest absolute Gasteiger partial charge is 0.0958 e. The van der Waals surface area contributed by atoms with E-state index in [0.29, 0.717) is 5.84 Å². The van der Waals surface area contributed by atoms with Crippen LogP contribution in [0.15, 0.2) is 16.9 Å². The number of likely N-dealkylation sites (N-methyl/N-ethyl adjacent to an activating group) is 2. The van der Waals surface area contributed by atoms with Crippen molar-refractivity contribution in [2.75, 3.05) is 27.2 Å². The molecule has 0 aromatic carbocycles. The SMILES string of the molecule is CC.CNCCN(C)/C(C)=C/N=C(C)N. The largest absolute Gasteiger partial charge is 0.387 e. The molecule has 0 saturated carbocycles. The molecule has 0 aliphatic carbocycles. The number of nitrogens with two attached hydrogens (primary N) is 1. The Kier molecular flexibility index (Phi) is 12.1. The minimum absolute atomic E-state index is 0.585. The third-order valence-electron chi connectivity index (χ3n) is 1.75. The van der Waals surface area contributed by atoms with Crippen LogP contribution in [0.5, 0.6) is 0 Å². The number of amidine groups is 1. The highest BCUT2D eigenvalue weighted by molar-refractivity contribution is 5.77. The van der Waals surface area contributed by atoms with Gasteiger partial charge >= 0.3 is 0 Å². The van der Waals surface area contributed by atoms with Gasteiger partial charge in [-0.25, -0.2) is 4.99 Å². The van der Waals surface area contributed by atoms with Crippen molar-refractivity contribution >= 4 is 5.84 Å². The quantitative estimate of drug-likeness (QED) is 0.537. The fraction of sp³-hybridized carbons (Fsp3) is 0.727. The van der Waals surface area contributed by atoms with E-state index in [4.69, 9.17) is 5.73 Å². The molecule has 90 valence electrons. The minimum Gasteiger partial charge on any atom is -0.387 e. The van der Waals surface area contributed by atoms with Crippen LogP contribution in [-0.2, 0) is 0 Å². The van der Waals surface area contributed by atoms with Crippen LogP contribution in [0.25, 0.3) is 0 Å². The molecule has 0 saturated heterocycles. The monoisotopic (exact) mass is 214 g/mol. The first-order valence-electron chi connectivity index (χ1n) is 5.40. The average Bonchev–Trinajstić information content (AvgIpc) is 2.25. The predicted molar refractivity (Wildman–Crippen MR) is 69.0 cm³/mol. The molecule has 4 heteroatoms. The standard InChI is InChI=1S/C9H20N4.C2H6/c1-8(7-12-9(2)10)13(4)6-5-11-3;1-2/h7,11H,5-6H2,1-4H3,(H2,10,12);1-2H3/b8-7+;. The molecular weight excluding hydrogens is 188 g/mol. The lowest BCUT2D eigenvalue weighted by atomic mass is 10.4. The Morgan fingerprint density at radius 1 is 1.40 bits per heavy atom. The molecule has 0 fully saturated rings. The molecule has 0 amide bonds. The van der Waals surface area contributed by atoms with Crippen molar-refractivity contribution < 1.29 is 0 Å². The topological polar surface area (TPSA) is 53.6 Å². The van der Waals surface area contributed by atoms with Crippen molar-refractivity contribution in [1.29, 1.82) is 0 Å². The molecule has 0 bridgehead atoms. The number of aliphatic imine (C=N–C) groups is 1. The van der Waals surface area contributed by atoms with Gasteiger partial charge in [-0.15, -0.1) is 0 Å². The first-order valence-corrected chi connectivity index (χ1v) is 5.40. The lowest BCUT2D eigenvalue weighted by molar-refractivity contribution is 0.415. The van der Waals surface area contributed by atoms with Gasteiger partial charge in [-0.2, -0.15) is 0 Å². The van der Waals surface area contributed by atoms with Crippen molar-refractivity contribution in [3.05, 3.63) is 11.9 Å². The maximum Gasteiger partial charge on any atom is 0.0958 e. The fourth-order valence-electron chi connectivity index (χ4n) is 0.750. The lowest BCUT2D eigenvalue weighted by Gasteiger charge is -2.18. The highest BCUT2D eigenvalue weighted by atomic mass is 15.1. The average molecular weight is 214 g/mol. The van der Waals surface area contributed by atoms with Crippen molar-refractivity contribution in [3.63, 3.8) is 0 Å². The van der Waals surface area contributed by atoms with Gasteiger partial charge in [0.25, 0.3) is 0 Å². The molecular formula is C11H26N4. The van der Waals surface area contributed by atoms with Crippen LogP contribution in [0.3, 0.4) is 0 Å². The summed E-state index contributed by atoms with van der Waals surface area (Å²) >= 11 is 0. The van der Waals surface area contributed by atoms with Crippen LogP contribution in [0.2, 0.25) is 0 Å². The molecule has 0 aromatic rings. The first-order chi connectivity index (χ1) is 7.07. The zero-order chi connectivity index (χ0) is 12.3. The van der Waals surface area contributed by atoms with Gasteiger partial charge in [-0.1, -0.05) is 13.8 Å². The van der Waals surface area contributed by atoms with Crippen LogP contribution >= 0.6 is 0 Å². The van der Waals surface area contributed by atoms with E-state index in [2.05, 4.69) is 15.2 Å². The second-order valence-electron chi connectivity index (χ2n) is 3.07. The van der Waals surface area contributed by atoms with E-state index in [1.165, 1.54) is 0 Å². The molecule has 0 radical (unpaired) electrons. The summed E-state index contributed by atoms with van der Waals surface area (Å²) in [7, 11) is 3.97. The van der Waals surface area contributed by atoms with Gasteiger partial charge in [0.1, 0.15) is 0 Å². The number of nitrogens with zero attached hydrogens (tertiary/aromatic N) is 2. The summed E-state index contributed by atoms with van der Waals surface area (Å²) in [6.45, 7) is 9.73. The number of allylic oxidation sites excluding steroid dienone is 1. The summed E-state index contributed by atoms with van der Waals surface area (Å²) in [5.74, 6) is 0.585. The summed E-state index contributed by atoms with van der Waals surface area (Å²) in [6.07, 6.45) is 1.78. The Morgan fingerprint density at radius 3 is 2.33 bits per heavy atom. The molecule has 0 heterocycles. The van der Waals surface area contributed by atoms with Crippen LogP contribution in [0, 0.1) is 0 Å². The van der Waals surface area contributed by atoms with E-state index < -0.39 is 0 Å². The summed E-state index contributed by atoms with van der Waals surface area (Å²) in [5.41, 5.74) is 6.53. The van der Waals surface area contributed by atoms with E-state index in [1.807, 2.05) is 34.9 Å². The third-order valence-corrected chi connectivity index (χ3v) is 1.75. The molecule has 0 aliphatic heterocycles. The molecule has 0 spiro atoms. The van der Waals surface area contributed by atoms with E-state index >= 15 is 0 Å². The highest BCUT2D eigenvalue weighted by Gasteiger charge is 1.96. The Labute approximate surface area is 94.2 Å². The van der Waals surface area contributed by atoms with E-state index in [0.717, 1.165) is 18.8 Å². The second kappa shape index (κ2) is 11.0. The zero-order valence-electron chi connectivity index (χ0n) is 11.0.